The summed E-state index contributed by atoms with van der Waals surface area (Å²) in [5, 5.41) is 4.09. The van der Waals surface area contributed by atoms with Gasteiger partial charge in [0, 0.05) is 23.8 Å². The predicted molar refractivity (Wildman–Crippen MR) is 66.7 cm³/mol. The number of imidazole rings is 1. The highest BCUT2D eigenvalue weighted by Crippen LogP contribution is 2.27. The SMILES string of the molecule is CNCc1ccc(Sc2ncc[nH]2)c(C)c1. The van der Waals surface area contributed by atoms with Gasteiger partial charge < -0.3 is 10.3 Å². The van der Waals surface area contributed by atoms with Crippen molar-refractivity contribution in [3.63, 3.8) is 0 Å². The van der Waals surface area contributed by atoms with E-state index in [4.69, 9.17) is 0 Å². The largest absolute Gasteiger partial charge is 0.339 e. The molecule has 0 amide bonds. The minimum Gasteiger partial charge on any atom is -0.339 e. The Kier molecular flexibility index (Phi) is 3.64. The van der Waals surface area contributed by atoms with E-state index in [0.29, 0.717) is 0 Å². The van der Waals surface area contributed by atoms with E-state index < -0.39 is 0 Å². The van der Waals surface area contributed by atoms with Gasteiger partial charge in [-0.15, -0.1) is 0 Å². The molecule has 3 nitrogen and oxygen atoms in total. The molecular weight excluding hydrogens is 218 g/mol. The molecule has 0 spiro atoms. The number of hydrogen-bond acceptors (Lipinski definition) is 3. The molecule has 0 aliphatic carbocycles. The van der Waals surface area contributed by atoms with Crippen molar-refractivity contribution in [3.05, 3.63) is 41.7 Å². The second-order valence-corrected chi connectivity index (χ2v) is 4.66. The quantitative estimate of drug-likeness (QED) is 0.852. The molecule has 0 aliphatic heterocycles. The third-order valence-corrected chi connectivity index (χ3v) is 3.39. The van der Waals surface area contributed by atoms with Gasteiger partial charge >= 0.3 is 0 Å². The number of benzene rings is 1. The summed E-state index contributed by atoms with van der Waals surface area (Å²) < 4.78 is 0. The summed E-state index contributed by atoms with van der Waals surface area (Å²) in [6, 6.07) is 6.51. The topological polar surface area (TPSA) is 40.7 Å². The molecule has 2 aromatic rings. The lowest BCUT2D eigenvalue weighted by Gasteiger charge is -2.06. The minimum atomic E-state index is 0.909. The number of nitrogens with one attached hydrogen (secondary N) is 2. The Bertz CT molecular complexity index is 451. The lowest BCUT2D eigenvalue weighted by molar-refractivity contribution is 0.815. The summed E-state index contributed by atoms with van der Waals surface area (Å²) in [6.07, 6.45) is 3.61. The van der Waals surface area contributed by atoms with Crippen LogP contribution in [0, 0.1) is 6.92 Å². The van der Waals surface area contributed by atoms with Gasteiger partial charge in [-0.05, 0) is 31.2 Å². The molecule has 0 radical (unpaired) electrons. The second-order valence-electron chi connectivity index (χ2n) is 3.63. The molecule has 84 valence electrons. The Labute approximate surface area is 99.7 Å². The van der Waals surface area contributed by atoms with Gasteiger partial charge in [-0.3, -0.25) is 0 Å². The summed E-state index contributed by atoms with van der Waals surface area (Å²) in [4.78, 5) is 8.54. The van der Waals surface area contributed by atoms with E-state index in [2.05, 4.69) is 40.4 Å². The first-order valence-electron chi connectivity index (χ1n) is 5.21. The molecule has 2 N–H and O–H groups in total. The van der Waals surface area contributed by atoms with Crippen LogP contribution in [0.5, 0.6) is 0 Å². The Hall–Kier alpha value is -1.26. The Morgan fingerprint density at radius 2 is 2.31 bits per heavy atom. The summed E-state index contributed by atoms with van der Waals surface area (Å²) in [7, 11) is 1.96. The maximum absolute atomic E-state index is 4.21. The molecular formula is C12H15N3S. The average molecular weight is 233 g/mol. The summed E-state index contributed by atoms with van der Waals surface area (Å²) >= 11 is 1.66. The van der Waals surface area contributed by atoms with E-state index in [-0.39, 0.29) is 0 Å². The Balaban J connectivity index is 2.16. The molecule has 0 bridgehead atoms. The van der Waals surface area contributed by atoms with E-state index in [1.807, 2.05) is 13.2 Å². The van der Waals surface area contributed by atoms with Gasteiger partial charge in [0.25, 0.3) is 0 Å². The molecule has 0 saturated heterocycles. The maximum atomic E-state index is 4.21. The van der Waals surface area contributed by atoms with Crippen molar-refractivity contribution in [1.29, 1.82) is 0 Å². The van der Waals surface area contributed by atoms with Crippen LogP contribution in [0.25, 0.3) is 0 Å². The van der Waals surface area contributed by atoms with Crippen LogP contribution in [-0.2, 0) is 6.54 Å². The summed E-state index contributed by atoms with van der Waals surface area (Å²) in [5.41, 5.74) is 2.60. The van der Waals surface area contributed by atoms with Gasteiger partial charge in [0.15, 0.2) is 5.16 Å². The fourth-order valence-electron chi connectivity index (χ4n) is 1.55. The monoisotopic (exact) mass is 233 g/mol. The summed E-state index contributed by atoms with van der Waals surface area (Å²) in [6.45, 7) is 3.04. The first-order valence-corrected chi connectivity index (χ1v) is 6.02. The van der Waals surface area contributed by atoms with E-state index in [9.17, 15) is 0 Å². The van der Waals surface area contributed by atoms with E-state index in [0.717, 1.165) is 11.7 Å². The molecule has 0 unspecified atom stereocenters. The van der Waals surface area contributed by atoms with E-state index >= 15 is 0 Å². The van der Waals surface area contributed by atoms with E-state index in [1.165, 1.54) is 16.0 Å². The lowest BCUT2D eigenvalue weighted by Crippen LogP contribution is -2.05. The van der Waals surface area contributed by atoms with Gasteiger partial charge in [0.2, 0.25) is 0 Å². The zero-order valence-corrected chi connectivity index (χ0v) is 10.3. The predicted octanol–water partition coefficient (Wildman–Crippen LogP) is 2.59. The number of aryl methyl sites for hydroxylation is 1. The zero-order chi connectivity index (χ0) is 11.4. The third-order valence-electron chi connectivity index (χ3n) is 2.30. The number of aromatic nitrogens is 2. The van der Waals surface area contributed by atoms with Crippen LogP contribution in [0.3, 0.4) is 0 Å². The number of aromatic amines is 1. The molecule has 0 saturated carbocycles. The van der Waals surface area contributed by atoms with Gasteiger partial charge in [0.1, 0.15) is 0 Å². The van der Waals surface area contributed by atoms with Crippen molar-refractivity contribution < 1.29 is 0 Å². The van der Waals surface area contributed by atoms with Crippen LogP contribution in [-0.4, -0.2) is 17.0 Å². The molecule has 2 rings (SSSR count). The van der Waals surface area contributed by atoms with Gasteiger partial charge in [0.05, 0.1) is 0 Å². The van der Waals surface area contributed by atoms with Crippen LogP contribution in [0.4, 0.5) is 0 Å². The fraction of sp³-hybridized carbons (Fsp3) is 0.250. The molecule has 0 fully saturated rings. The number of hydrogen-bond donors (Lipinski definition) is 2. The van der Waals surface area contributed by atoms with Crippen molar-refractivity contribution >= 4 is 11.8 Å². The Morgan fingerprint density at radius 1 is 1.44 bits per heavy atom. The molecule has 16 heavy (non-hydrogen) atoms. The van der Waals surface area contributed by atoms with Gasteiger partial charge in [-0.2, -0.15) is 0 Å². The van der Waals surface area contributed by atoms with Crippen LogP contribution in [0.15, 0.2) is 40.6 Å². The number of H-pyrrole nitrogens is 1. The van der Waals surface area contributed by atoms with Gasteiger partial charge in [-0.1, -0.05) is 23.9 Å². The molecule has 1 aromatic heterocycles. The molecule has 1 aromatic carbocycles. The summed E-state index contributed by atoms with van der Waals surface area (Å²) in [5.74, 6) is 0. The fourth-order valence-corrected chi connectivity index (χ4v) is 2.36. The molecule has 0 atom stereocenters. The second kappa shape index (κ2) is 5.18. The first kappa shape index (κ1) is 11.2. The third kappa shape index (κ3) is 2.65. The van der Waals surface area contributed by atoms with Crippen molar-refractivity contribution in [2.45, 2.75) is 23.5 Å². The molecule has 4 heteroatoms. The highest BCUT2D eigenvalue weighted by atomic mass is 32.2. The first-order chi connectivity index (χ1) is 7.79. The van der Waals surface area contributed by atoms with Crippen molar-refractivity contribution in [2.75, 3.05) is 7.05 Å². The highest BCUT2D eigenvalue weighted by Gasteiger charge is 2.03. The van der Waals surface area contributed by atoms with Crippen LogP contribution in [0.1, 0.15) is 11.1 Å². The molecule has 0 aliphatic rings. The van der Waals surface area contributed by atoms with Crippen LogP contribution < -0.4 is 5.32 Å². The highest BCUT2D eigenvalue weighted by molar-refractivity contribution is 7.99. The van der Waals surface area contributed by atoms with Crippen molar-refractivity contribution in [1.82, 2.24) is 15.3 Å². The van der Waals surface area contributed by atoms with E-state index in [1.54, 1.807) is 18.0 Å². The maximum Gasteiger partial charge on any atom is 0.170 e. The number of rotatable bonds is 4. The van der Waals surface area contributed by atoms with Crippen LogP contribution >= 0.6 is 11.8 Å². The minimum absolute atomic E-state index is 0.909. The smallest absolute Gasteiger partial charge is 0.170 e. The zero-order valence-electron chi connectivity index (χ0n) is 9.45. The molecule has 1 heterocycles. The van der Waals surface area contributed by atoms with Crippen molar-refractivity contribution in [2.24, 2.45) is 0 Å². The van der Waals surface area contributed by atoms with Gasteiger partial charge in [-0.25, -0.2) is 4.98 Å². The Morgan fingerprint density at radius 3 is 2.94 bits per heavy atom. The van der Waals surface area contributed by atoms with Crippen molar-refractivity contribution in [3.8, 4) is 0 Å². The standard InChI is InChI=1S/C12H15N3S/c1-9-7-10(8-13-2)3-4-11(9)16-12-14-5-6-15-12/h3-7,13H,8H2,1-2H3,(H,14,15). The lowest BCUT2D eigenvalue weighted by atomic mass is 10.1. The van der Waals surface area contributed by atoms with Crippen LogP contribution in [0.2, 0.25) is 0 Å². The number of nitrogens with zero attached hydrogens (tertiary/aromatic N) is 1. The average Bonchev–Trinajstić information content (AvgIpc) is 2.75. The normalized spacial score (nSPS) is 10.6.